The van der Waals surface area contributed by atoms with Crippen molar-refractivity contribution < 1.29 is 19.4 Å². The third kappa shape index (κ3) is 4.58. The normalized spacial score (nSPS) is 17.1. The van der Waals surface area contributed by atoms with Gasteiger partial charge >= 0.3 is 0 Å². The van der Waals surface area contributed by atoms with Gasteiger partial charge in [-0.3, -0.25) is 14.6 Å². The molecule has 0 aliphatic carbocycles. The van der Waals surface area contributed by atoms with Gasteiger partial charge in [0.05, 0.1) is 11.6 Å². The molecule has 1 saturated heterocycles. The van der Waals surface area contributed by atoms with E-state index in [-0.39, 0.29) is 17.9 Å². The van der Waals surface area contributed by atoms with Crippen LogP contribution in [-0.2, 0) is 16.1 Å². The molecule has 1 aliphatic rings. The standard InChI is InChI=1S/C27H23ClN2O4/c1-3-13-34-21-10-11-22(17(2)14-21)25(31)23-24(19-6-8-20(28)9-7-19)30(27(33)26(23)32)16-18-5-4-12-29-15-18/h3-12,14-15,24,31H,1,13,16H2,2H3/t24-/m0/s1. The number of carbonyl (C=O) groups excluding carboxylic acids is 2. The van der Waals surface area contributed by atoms with E-state index in [1.165, 1.54) is 4.90 Å². The van der Waals surface area contributed by atoms with Crippen LogP contribution in [0.25, 0.3) is 5.76 Å². The van der Waals surface area contributed by atoms with Crippen molar-refractivity contribution in [3.05, 3.63) is 112 Å². The minimum Gasteiger partial charge on any atom is -0.507 e. The summed E-state index contributed by atoms with van der Waals surface area (Å²) in [6, 6.07) is 14.8. The third-order valence-electron chi connectivity index (χ3n) is 5.62. The Labute approximate surface area is 202 Å². The predicted octanol–water partition coefficient (Wildman–Crippen LogP) is 5.23. The second-order valence-electron chi connectivity index (χ2n) is 7.92. The molecule has 1 N–H and O–H groups in total. The predicted molar refractivity (Wildman–Crippen MR) is 130 cm³/mol. The largest absolute Gasteiger partial charge is 0.507 e. The Hall–Kier alpha value is -3.90. The number of ether oxygens (including phenoxy) is 1. The highest BCUT2D eigenvalue weighted by atomic mass is 35.5. The average molecular weight is 475 g/mol. The van der Waals surface area contributed by atoms with Gasteiger partial charge in [-0.2, -0.15) is 0 Å². The maximum absolute atomic E-state index is 13.2. The molecule has 3 aromatic rings. The van der Waals surface area contributed by atoms with Crippen molar-refractivity contribution >= 4 is 29.1 Å². The number of likely N-dealkylation sites (tertiary alicyclic amines) is 1. The van der Waals surface area contributed by atoms with Crippen LogP contribution in [0, 0.1) is 6.92 Å². The number of Topliss-reactive ketones (excluding diaryl/α,β-unsaturated/α-hetero) is 1. The number of aryl methyl sites for hydroxylation is 1. The van der Waals surface area contributed by atoms with Gasteiger partial charge in [0, 0.05) is 29.5 Å². The first-order chi connectivity index (χ1) is 16.4. The minimum absolute atomic E-state index is 0.0269. The van der Waals surface area contributed by atoms with Crippen molar-refractivity contribution in [2.45, 2.75) is 19.5 Å². The number of benzene rings is 2. The number of carbonyl (C=O) groups is 2. The van der Waals surface area contributed by atoms with Crippen molar-refractivity contribution in [1.82, 2.24) is 9.88 Å². The maximum Gasteiger partial charge on any atom is 0.295 e. The van der Waals surface area contributed by atoms with Crippen LogP contribution in [0.1, 0.15) is 28.3 Å². The molecule has 34 heavy (non-hydrogen) atoms. The summed E-state index contributed by atoms with van der Waals surface area (Å²) in [4.78, 5) is 31.9. The second-order valence-corrected chi connectivity index (χ2v) is 8.35. The lowest BCUT2D eigenvalue weighted by Crippen LogP contribution is -2.29. The molecule has 1 amide bonds. The molecule has 1 aromatic heterocycles. The summed E-state index contributed by atoms with van der Waals surface area (Å²) < 4.78 is 5.56. The van der Waals surface area contributed by atoms with Gasteiger partial charge in [0.15, 0.2) is 0 Å². The summed E-state index contributed by atoms with van der Waals surface area (Å²) in [6.45, 7) is 5.95. The number of amides is 1. The highest BCUT2D eigenvalue weighted by Crippen LogP contribution is 2.41. The minimum atomic E-state index is -0.784. The van der Waals surface area contributed by atoms with E-state index in [1.807, 2.05) is 6.07 Å². The number of hydrogen-bond acceptors (Lipinski definition) is 5. The summed E-state index contributed by atoms with van der Waals surface area (Å²) >= 11 is 6.07. The van der Waals surface area contributed by atoms with Gasteiger partial charge in [0.25, 0.3) is 11.7 Å². The number of ketones is 1. The fourth-order valence-electron chi connectivity index (χ4n) is 4.01. The molecular weight excluding hydrogens is 452 g/mol. The fourth-order valence-corrected chi connectivity index (χ4v) is 4.14. The molecule has 4 rings (SSSR count). The molecule has 0 saturated carbocycles. The summed E-state index contributed by atoms with van der Waals surface area (Å²) in [5.41, 5.74) is 2.61. The molecule has 1 atom stereocenters. The number of aromatic nitrogens is 1. The Morgan fingerprint density at radius 2 is 1.97 bits per heavy atom. The summed E-state index contributed by atoms with van der Waals surface area (Å²) in [6.07, 6.45) is 4.92. The Bertz CT molecular complexity index is 1270. The van der Waals surface area contributed by atoms with Crippen LogP contribution < -0.4 is 4.74 Å². The van der Waals surface area contributed by atoms with Gasteiger partial charge in [-0.15, -0.1) is 0 Å². The summed E-state index contributed by atoms with van der Waals surface area (Å²) in [5, 5.41) is 11.8. The number of hydrogen-bond donors (Lipinski definition) is 1. The first kappa shape index (κ1) is 23.3. The average Bonchev–Trinajstić information content (AvgIpc) is 3.08. The van der Waals surface area contributed by atoms with Crippen LogP contribution >= 0.6 is 11.6 Å². The number of rotatable bonds is 7. The second kappa shape index (κ2) is 9.93. The van der Waals surface area contributed by atoms with Crippen LogP contribution in [0.4, 0.5) is 0 Å². The Kier molecular flexibility index (Phi) is 6.80. The molecule has 0 unspecified atom stereocenters. The van der Waals surface area contributed by atoms with Crippen molar-refractivity contribution in [2.24, 2.45) is 0 Å². The van der Waals surface area contributed by atoms with Crippen LogP contribution in [-0.4, -0.2) is 33.3 Å². The summed E-state index contributed by atoms with van der Waals surface area (Å²) in [5.74, 6) is -1.05. The van der Waals surface area contributed by atoms with Crippen LogP contribution in [0.15, 0.2) is 85.2 Å². The SMILES string of the molecule is C=CCOc1ccc(C(O)=C2C(=O)C(=O)N(Cc3cccnc3)[C@H]2c2ccc(Cl)cc2)c(C)c1. The molecule has 1 fully saturated rings. The van der Waals surface area contributed by atoms with Gasteiger partial charge in [0.2, 0.25) is 0 Å². The number of aliphatic hydroxyl groups is 1. The molecule has 0 radical (unpaired) electrons. The van der Waals surface area contributed by atoms with Gasteiger partial charge < -0.3 is 14.7 Å². The Balaban J connectivity index is 1.82. The quantitative estimate of drug-likeness (QED) is 0.219. The van der Waals surface area contributed by atoms with E-state index in [0.29, 0.717) is 34.1 Å². The lowest BCUT2D eigenvalue weighted by Gasteiger charge is -2.25. The van der Waals surface area contributed by atoms with E-state index < -0.39 is 17.7 Å². The van der Waals surface area contributed by atoms with E-state index in [9.17, 15) is 14.7 Å². The van der Waals surface area contributed by atoms with Crippen LogP contribution in [0.5, 0.6) is 5.75 Å². The van der Waals surface area contributed by atoms with Crippen molar-refractivity contribution in [2.75, 3.05) is 6.61 Å². The van der Waals surface area contributed by atoms with E-state index in [4.69, 9.17) is 16.3 Å². The lowest BCUT2D eigenvalue weighted by molar-refractivity contribution is -0.140. The number of nitrogens with zero attached hydrogens (tertiary/aromatic N) is 2. The molecule has 0 bridgehead atoms. The summed E-state index contributed by atoms with van der Waals surface area (Å²) in [7, 11) is 0. The fraction of sp³-hybridized carbons (Fsp3) is 0.148. The van der Waals surface area contributed by atoms with Gasteiger partial charge in [-0.1, -0.05) is 42.5 Å². The number of pyridine rings is 1. The van der Waals surface area contributed by atoms with Crippen molar-refractivity contribution in [1.29, 1.82) is 0 Å². The molecular formula is C27H23ClN2O4. The van der Waals surface area contributed by atoms with E-state index in [0.717, 1.165) is 5.56 Å². The topological polar surface area (TPSA) is 79.7 Å². The first-order valence-corrected chi connectivity index (χ1v) is 11.1. The molecule has 6 nitrogen and oxygen atoms in total. The van der Waals surface area contributed by atoms with Crippen LogP contribution in [0.3, 0.4) is 0 Å². The van der Waals surface area contributed by atoms with Gasteiger partial charge in [-0.05, 0) is 60.0 Å². The van der Waals surface area contributed by atoms with E-state index in [1.54, 1.807) is 73.9 Å². The number of halogens is 1. The molecule has 2 heterocycles. The lowest BCUT2D eigenvalue weighted by atomic mass is 9.94. The van der Waals surface area contributed by atoms with Crippen molar-refractivity contribution in [3.8, 4) is 5.75 Å². The zero-order chi connectivity index (χ0) is 24.2. The zero-order valence-electron chi connectivity index (χ0n) is 18.6. The zero-order valence-corrected chi connectivity index (χ0v) is 19.3. The highest BCUT2D eigenvalue weighted by Gasteiger charge is 2.46. The third-order valence-corrected chi connectivity index (χ3v) is 5.87. The number of aliphatic hydroxyl groups excluding tert-OH is 1. The molecule has 0 spiro atoms. The smallest absolute Gasteiger partial charge is 0.295 e. The van der Waals surface area contributed by atoms with Gasteiger partial charge in [-0.25, -0.2) is 0 Å². The molecule has 7 heteroatoms. The monoisotopic (exact) mass is 474 g/mol. The first-order valence-electron chi connectivity index (χ1n) is 10.7. The molecule has 172 valence electrons. The van der Waals surface area contributed by atoms with E-state index in [2.05, 4.69) is 11.6 Å². The molecule has 1 aliphatic heterocycles. The Morgan fingerprint density at radius 1 is 1.21 bits per heavy atom. The van der Waals surface area contributed by atoms with E-state index >= 15 is 0 Å². The van der Waals surface area contributed by atoms with Crippen molar-refractivity contribution in [3.63, 3.8) is 0 Å². The molecule has 2 aromatic carbocycles. The van der Waals surface area contributed by atoms with Gasteiger partial charge in [0.1, 0.15) is 18.1 Å². The highest BCUT2D eigenvalue weighted by molar-refractivity contribution is 6.46. The van der Waals surface area contributed by atoms with Crippen LogP contribution in [0.2, 0.25) is 5.02 Å². The Morgan fingerprint density at radius 3 is 2.62 bits per heavy atom. The maximum atomic E-state index is 13.2.